The van der Waals surface area contributed by atoms with E-state index in [1.807, 2.05) is 25.1 Å². The van der Waals surface area contributed by atoms with Crippen LogP contribution in [-0.2, 0) is 0 Å². The Morgan fingerprint density at radius 3 is 2.62 bits per heavy atom. The van der Waals surface area contributed by atoms with Gasteiger partial charge in [0.25, 0.3) is 5.91 Å². The van der Waals surface area contributed by atoms with Crippen LogP contribution in [0.2, 0.25) is 10.0 Å². The van der Waals surface area contributed by atoms with E-state index in [-0.39, 0.29) is 11.5 Å². The van der Waals surface area contributed by atoms with Gasteiger partial charge in [-0.05, 0) is 31.2 Å². The maximum Gasteiger partial charge on any atom is 0.258 e. The number of amides is 1. The Balaban J connectivity index is 1.81. The Labute approximate surface area is 151 Å². The predicted molar refractivity (Wildman–Crippen MR) is 99.7 cm³/mol. The summed E-state index contributed by atoms with van der Waals surface area (Å²) in [5, 5.41) is 5.55. The molecule has 2 aromatic carbocycles. The molecule has 0 radical (unpaired) electrons. The highest BCUT2D eigenvalue weighted by atomic mass is 35.5. The summed E-state index contributed by atoms with van der Waals surface area (Å²) < 4.78 is 2.07. The molecule has 120 valence electrons. The van der Waals surface area contributed by atoms with Crippen LogP contribution in [-0.4, -0.2) is 15.3 Å². The smallest absolute Gasteiger partial charge is 0.258 e. The van der Waals surface area contributed by atoms with Crippen LogP contribution in [0, 0.1) is 6.92 Å². The molecule has 1 amide bonds. The molecule has 0 unspecified atom stereocenters. The van der Waals surface area contributed by atoms with Crippen molar-refractivity contribution in [2.24, 2.45) is 0 Å². The number of hydrogen-bond acceptors (Lipinski definition) is 3. The number of anilines is 1. The molecular weight excluding hydrogens is 365 g/mol. The molecule has 0 spiro atoms. The average Bonchev–Trinajstić information content (AvgIpc) is 3.08. The summed E-state index contributed by atoms with van der Waals surface area (Å²) >= 11 is 13.8. The van der Waals surface area contributed by atoms with E-state index >= 15 is 0 Å². The minimum atomic E-state index is -0.355. The number of carbonyl (C=O) groups is 1. The maximum atomic E-state index is 12.6. The molecule has 24 heavy (non-hydrogen) atoms. The van der Waals surface area contributed by atoms with Crippen molar-refractivity contribution in [2.45, 2.75) is 6.92 Å². The minimum Gasteiger partial charge on any atom is -0.320 e. The third-order valence-corrected chi connectivity index (χ3v) is 5.35. The standard InChI is InChI=1S/C17H11Cl2N3OS/c1-9-8-24-17-21-15-12(6-3-7-13(15)22(9)17)20-16(23)14-10(18)4-2-5-11(14)19/h2-8H,1H3,(H,20,23). The normalized spacial score (nSPS) is 11.3. The lowest BCUT2D eigenvalue weighted by atomic mass is 10.2. The highest BCUT2D eigenvalue weighted by molar-refractivity contribution is 7.15. The Morgan fingerprint density at radius 2 is 1.88 bits per heavy atom. The molecule has 0 atom stereocenters. The highest BCUT2D eigenvalue weighted by Gasteiger charge is 2.17. The molecule has 4 rings (SSSR count). The molecule has 0 aliphatic carbocycles. The summed E-state index contributed by atoms with van der Waals surface area (Å²) in [6, 6.07) is 10.7. The number of benzene rings is 2. The van der Waals surface area contributed by atoms with Crippen molar-refractivity contribution in [3.05, 3.63) is 63.1 Å². The molecule has 4 aromatic rings. The fourth-order valence-corrected chi connectivity index (χ4v) is 4.13. The van der Waals surface area contributed by atoms with Crippen LogP contribution in [0.1, 0.15) is 16.1 Å². The van der Waals surface area contributed by atoms with E-state index in [0.29, 0.717) is 15.7 Å². The second kappa shape index (κ2) is 5.77. The molecule has 1 N–H and O–H groups in total. The summed E-state index contributed by atoms with van der Waals surface area (Å²) in [4.78, 5) is 18.1. The number of aryl methyl sites for hydroxylation is 1. The number of para-hydroxylation sites is 1. The zero-order valence-electron chi connectivity index (χ0n) is 12.5. The fraction of sp³-hybridized carbons (Fsp3) is 0.0588. The van der Waals surface area contributed by atoms with Crippen molar-refractivity contribution in [3.63, 3.8) is 0 Å². The minimum absolute atomic E-state index is 0.259. The second-order valence-corrected chi connectivity index (χ2v) is 6.98. The second-order valence-electron chi connectivity index (χ2n) is 5.33. The van der Waals surface area contributed by atoms with Crippen molar-refractivity contribution in [1.82, 2.24) is 9.38 Å². The van der Waals surface area contributed by atoms with Gasteiger partial charge in [0.1, 0.15) is 5.52 Å². The van der Waals surface area contributed by atoms with Gasteiger partial charge in [0.2, 0.25) is 0 Å². The first-order valence-corrected chi connectivity index (χ1v) is 8.80. The lowest BCUT2D eigenvalue weighted by Crippen LogP contribution is -2.13. The van der Waals surface area contributed by atoms with Crippen molar-refractivity contribution >= 4 is 62.1 Å². The van der Waals surface area contributed by atoms with Gasteiger partial charge >= 0.3 is 0 Å². The van der Waals surface area contributed by atoms with E-state index in [9.17, 15) is 4.79 Å². The van der Waals surface area contributed by atoms with E-state index in [0.717, 1.165) is 21.7 Å². The molecule has 0 fully saturated rings. The number of nitrogens with one attached hydrogen (secondary N) is 1. The Bertz CT molecular complexity index is 1080. The Kier molecular flexibility index (Phi) is 3.72. The molecule has 7 heteroatoms. The van der Waals surface area contributed by atoms with E-state index in [4.69, 9.17) is 23.2 Å². The van der Waals surface area contributed by atoms with Crippen LogP contribution in [0.3, 0.4) is 0 Å². The fourth-order valence-electron chi connectivity index (χ4n) is 2.69. The van der Waals surface area contributed by atoms with Crippen LogP contribution in [0.25, 0.3) is 16.0 Å². The third-order valence-electron chi connectivity index (χ3n) is 3.78. The third kappa shape index (κ3) is 2.36. The maximum absolute atomic E-state index is 12.6. The van der Waals surface area contributed by atoms with Crippen LogP contribution in [0.5, 0.6) is 0 Å². The first kappa shape index (κ1) is 15.4. The zero-order chi connectivity index (χ0) is 16.8. The van der Waals surface area contributed by atoms with E-state index in [1.165, 1.54) is 0 Å². The highest BCUT2D eigenvalue weighted by Crippen LogP contribution is 2.30. The zero-order valence-corrected chi connectivity index (χ0v) is 14.8. The number of rotatable bonds is 2. The summed E-state index contributed by atoms with van der Waals surface area (Å²) in [6.07, 6.45) is 0. The van der Waals surface area contributed by atoms with Gasteiger partial charge in [-0.1, -0.05) is 35.3 Å². The van der Waals surface area contributed by atoms with Gasteiger partial charge in [0.15, 0.2) is 4.96 Å². The number of nitrogens with zero attached hydrogens (tertiary/aromatic N) is 2. The van der Waals surface area contributed by atoms with E-state index in [1.54, 1.807) is 29.5 Å². The van der Waals surface area contributed by atoms with Crippen LogP contribution in [0.15, 0.2) is 41.8 Å². The number of thiazole rings is 1. The van der Waals surface area contributed by atoms with Gasteiger partial charge in [-0.2, -0.15) is 0 Å². The van der Waals surface area contributed by atoms with Gasteiger partial charge in [-0.15, -0.1) is 11.3 Å². The number of hydrogen-bond donors (Lipinski definition) is 1. The van der Waals surface area contributed by atoms with Gasteiger partial charge in [0.05, 0.1) is 26.8 Å². The molecule has 2 aromatic heterocycles. The Morgan fingerprint density at radius 1 is 1.17 bits per heavy atom. The number of halogens is 2. The SMILES string of the molecule is Cc1csc2nc3c(NC(=O)c4c(Cl)cccc4Cl)cccc3n12. The summed E-state index contributed by atoms with van der Waals surface area (Å²) in [7, 11) is 0. The average molecular weight is 376 g/mol. The number of fused-ring (bicyclic) bond motifs is 3. The summed E-state index contributed by atoms with van der Waals surface area (Å²) in [5.41, 5.74) is 3.68. The molecule has 0 bridgehead atoms. The topological polar surface area (TPSA) is 46.4 Å². The van der Waals surface area contributed by atoms with E-state index in [2.05, 4.69) is 20.1 Å². The van der Waals surface area contributed by atoms with E-state index < -0.39 is 0 Å². The van der Waals surface area contributed by atoms with Crippen molar-refractivity contribution in [2.75, 3.05) is 5.32 Å². The monoisotopic (exact) mass is 375 g/mol. The molecule has 0 saturated carbocycles. The van der Waals surface area contributed by atoms with Gasteiger partial charge in [-0.3, -0.25) is 9.20 Å². The quantitative estimate of drug-likeness (QED) is 0.508. The van der Waals surface area contributed by atoms with Crippen molar-refractivity contribution < 1.29 is 4.79 Å². The van der Waals surface area contributed by atoms with Crippen LogP contribution >= 0.6 is 34.5 Å². The van der Waals surface area contributed by atoms with Gasteiger partial charge < -0.3 is 5.32 Å². The van der Waals surface area contributed by atoms with Crippen LogP contribution < -0.4 is 5.32 Å². The first-order chi connectivity index (χ1) is 11.6. The first-order valence-electron chi connectivity index (χ1n) is 7.17. The van der Waals surface area contributed by atoms with Crippen molar-refractivity contribution in [3.8, 4) is 0 Å². The Hall–Kier alpha value is -2.08. The largest absolute Gasteiger partial charge is 0.320 e. The number of imidazole rings is 1. The van der Waals surface area contributed by atoms with Crippen molar-refractivity contribution in [1.29, 1.82) is 0 Å². The van der Waals surface area contributed by atoms with Gasteiger partial charge in [0, 0.05) is 11.1 Å². The molecular formula is C17H11Cl2N3OS. The summed E-state index contributed by atoms with van der Waals surface area (Å²) in [6.45, 7) is 2.03. The molecule has 2 heterocycles. The number of aromatic nitrogens is 2. The molecule has 0 saturated heterocycles. The number of carbonyl (C=O) groups excluding carboxylic acids is 1. The van der Waals surface area contributed by atoms with Crippen LogP contribution in [0.4, 0.5) is 5.69 Å². The summed E-state index contributed by atoms with van der Waals surface area (Å²) in [5.74, 6) is -0.355. The lowest BCUT2D eigenvalue weighted by molar-refractivity contribution is 0.102. The lowest BCUT2D eigenvalue weighted by Gasteiger charge is -2.09. The van der Waals surface area contributed by atoms with Gasteiger partial charge in [-0.25, -0.2) is 4.98 Å². The molecule has 4 nitrogen and oxygen atoms in total. The molecule has 0 aliphatic heterocycles. The predicted octanol–water partition coefficient (Wildman–Crippen LogP) is 5.42. The molecule has 0 aliphatic rings.